The number of ether oxygens (including phenoxy) is 1. The molecule has 0 aliphatic carbocycles. The molecular weight excluding hydrogens is 416 g/mol. The summed E-state index contributed by atoms with van der Waals surface area (Å²) in [7, 11) is 1.60. The van der Waals surface area contributed by atoms with E-state index in [9.17, 15) is 14.4 Å². The van der Waals surface area contributed by atoms with Crippen LogP contribution < -0.4 is 20.8 Å². The summed E-state index contributed by atoms with van der Waals surface area (Å²) in [5.74, 6) is -0.236. The molecule has 29 heavy (non-hydrogen) atoms. The molecule has 1 unspecified atom stereocenters. The molecule has 10 nitrogen and oxygen atoms in total. The highest BCUT2D eigenvalue weighted by Gasteiger charge is 2.47. The quantitative estimate of drug-likeness (QED) is 0.424. The molecule has 0 spiro atoms. The Kier molecular flexibility index (Phi) is 6.23. The molecule has 1 aromatic carbocycles. The summed E-state index contributed by atoms with van der Waals surface area (Å²) in [5, 5.41) is 15.0. The second-order valence-electron chi connectivity index (χ2n) is 6.31. The topological polar surface area (TPSA) is 126 Å². The highest BCUT2D eigenvalue weighted by Crippen LogP contribution is 2.28. The Labute approximate surface area is 175 Å². The number of thioether (sulfide) groups is 1. The molecule has 1 atom stereocenters. The van der Waals surface area contributed by atoms with Crippen molar-refractivity contribution in [2.24, 2.45) is 0 Å². The Hall–Kier alpha value is -2.86. The van der Waals surface area contributed by atoms with Crippen LogP contribution in [0, 0.1) is 0 Å². The highest BCUT2D eigenvalue weighted by atomic mass is 32.2. The molecule has 2 aromatic rings. The average molecular weight is 437 g/mol. The van der Waals surface area contributed by atoms with Gasteiger partial charge in [0.2, 0.25) is 11.0 Å². The van der Waals surface area contributed by atoms with Crippen LogP contribution in [0.4, 0.5) is 15.6 Å². The van der Waals surface area contributed by atoms with E-state index in [1.165, 1.54) is 11.3 Å². The van der Waals surface area contributed by atoms with Gasteiger partial charge in [-0.05, 0) is 37.6 Å². The van der Waals surface area contributed by atoms with E-state index in [-0.39, 0.29) is 5.75 Å². The Morgan fingerprint density at radius 3 is 2.66 bits per heavy atom. The summed E-state index contributed by atoms with van der Waals surface area (Å²) in [6.45, 7) is 3.40. The number of carbonyl (C=O) groups is 3. The van der Waals surface area contributed by atoms with Gasteiger partial charge in [0, 0.05) is 5.69 Å². The molecule has 1 aliphatic heterocycles. The van der Waals surface area contributed by atoms with E-state index in [0.717, 1.165) is 28.2 Å². The van der Waals surface area contributed by atoms with Gasteiger partial charge >= 0.3 is 6.03 Å². The van der Waals surface area contributed by atoms with Crippen LogP contribution in [0.5, 0.6) is 5.75 Å². The lowest BCUT2D eigenvalue weighted by molar-refractivity contribution is -0.137. The third-order valence-electron chi connectivity index (χ3n) is 4.28. The van der Waals surface area contributed by atoms with E-state index in [2.05, 4.69) is 26.3 Å². The zero-order valence-corrected chi connectivity index (χ0v) is 17.6. The molecule has 4 amide bonds. The first-order chi connectivity index (χ1) is 13.8. The van der Waals surface area contributed by atoms with Gasteiger partial charge in [0.15, 0.2) is 4.34 Å². The van der Waals surface area contributed by atoms with Crippen LogP contribution in [0.2, 0.25) is 0 Å². The Morgan fingerprint density at radius 1 is 1.31 bits per heavy atom. The smallest absolute Gasteiger partial charge is 0.344 e. The standard InChI is InChI=1S/C17H20N6O4S2/c1-4-17(2)13(25)23(15(26)19-17)22-12(24)9-28-16-21-20-14(29-16)18-10-5-7-11(27-3)8-6-10/h5-8H,4,9H2,1-3H3,(H,18,20)(H,19,26)(H,22,24). The van der Waals surface area contributed by atoms with Crippen molar-refractivity contribution < 1.29 is 19.1 Å². The molecule has 0 bridgehead atoms. The molecule has 0 radical (unpaired) electrons. The minimum absolute atomic E-state index is 0.0168. The number of methoxy groups -OCH3 is 1. The number of aromatic nitrogens is 2. The van der Waals surface area contributed by atoms with Crippen LogP contribution in [0.1, 0.15) is 20.3 Å². The van der Waals surface area contributed by atoms with Gasteiger partial charge in [-0.3, -0.25) is 15.0 Å². The van der Waals surface area contributed by atoms with E-state index >= 15 is 0 Å². The maximum Gasteiger partial charge on any atom is 0.344 e. The van der Waals surface area contributed by atoms with Crippen LogP contribution in [0.25, 0.3) is 0 Å². The van der Waals surface area contributed by atoms with E-state index in [4.69, 9.17) is 4.74 Å². The average Bonchev–Trinajstić information content (AvgIpc) is 3.25. The van der Waals surface area contributed by atoms with Crippen molar-refractivity contribution in [3.05, 3.63) is 24.3 Å². The molecule has 12 heteroatoms. The number of imide groups is 1. The second kappa shape index (κ2) is 8.66. The molecule has 154 valence electrons. The summed E-state index contributed by atoms with van der Waals surface area (Å²) in [4.78, 5) is 36.3. The normalized spacial score (nSPS) is 18.5. The molecule has 3 rings (SSSR count). The van der Waals surface area contributed by atoms with Crippen LogP contribution >= 0.6 is 23.1 Å². The minimum atomic E-state index is -1.00. The van der Waals surface area contributed by atoms with Gasteiger partial charge in [-0.15, -0.1) is 10.2 Å². The van der Waals surface area contributed by atoms with Gasteiger partial charge in [-0.25, -0.2) is 4.79 Å². The van der Waals surface area contributed by atoms with Crippen molar-refractivity contribution >= 4 is 51.8 Å². The largest absolute Gasteiger partial charge is 0.497 e. The molecule has 3 N–H and O–H groups in total. The monoisotopic (exact) mass is 436 g/mol. The molecular formula is C17H20N6O4S2. The molecule has 0 saturated carbocycles. The third kappa shape index (κ3) is 4.77. The summed E-state index contributed by atoms with van der Waals surface area (Å²) in [6, 6.07) is 6.70. The van der Waals surface area contributed by atoms with Crippen molar-refractivity contribution in [3.63, 3.8) is 0 Å². The minimum Gasteiger partial charge on any atom is -0.497 e. The number of nitrogens with one attached hydrogen (secondary N) is 3. The van der Waals surface area contributed by atoms with E-state index in [0.29, 0.717) is 15.9 Å². The lowest BCUT2D eigenvalue weighted by Crippen LogP contribution is -2.49. The fraction of sp³-hybridized carbons (Fsp3) is 0.353. The molecule has 2 heterocycles. The first kappa shape index (κ1) is 20.9. The number of anilines is 2. The molecule has 1 aromatic heterocycles. The summed E-state index contributed by atoms with van der Waals surface area (Å²) >= 11 is 2.45. The van der Waals surface area contributed by atoms with Crippen molar-refractivity contribution in [1.29, 1.82) is 0 Å². The Bertz CT molecular complexity index is 919. The van der Waals surface area contributed by atoms with Gasteiger partial charge in [-0.1, -0.05) is 30.0 Å². The lowest BCUT2D eigenvalue weighted by atomic mass is 10.00. The summed E-state index contributed by atoms with van der Waals surface area (Å²) in [6.07, 6.45) is 0.424. The van der Waals surface area contributed by atoms with Crippen molar-refractivity contribution in [2.75, 3.05) is 18.2 Å². The first-order valence-electron chi connectivity index (χ1n) is 8.68. The third-order valence-corrected chi connectivity index (χ3v) is 6.25. The van der Waals surface area contributed by atoms with Crippen molar-refractivity contribution in [2.45, 2.75) is 30.1 Å². The van der Waals surface area contributed by atoms with Crippen LogP contribution in [0.3, 0.4) is 0 Å². The zero-order valence-electron chi connectivity index (χ0n) is 16.0. The number of hydrogen-bond acceptors (Lipinski definition) is 9. The van der Waals surface area contributed by atoms with Crippen LogP contribution in [0.15, 0.2) is 28.6 Å². The molecule has 1 aliphatic rings. The van der Waals surface area contributed by atoms with Crippen molar-refractivity contribution in [1.82, 2.24) is 25.9 Å². The van der Waals surface area contributed by atoms with Gasteiger partial charge < -0.3 is 15.4 Å². The van der Waals surface area contributed by atoms with E-state index in [1.54, 1.807) is 21.0 Å². The number of amides is 4. The van der Waals surface area contributed by atoms with Gasteiger partial charge in [0.25, 0.3) is 5.91 Å². The number of hydrogen-bond donors (Lipinski definition) is 3. The van der Waals surface area contributed by atoms with Gasteiger partial charge in [0.1, 0.15) is 11.3 Å². The summed E-state index contributed by atoms with van der Waals surface area (Å²) in [5.41, 5.74) is 2.16. The predicted molar refractivity (Wildman–Crippen MR) is 109 cm³/mol. The van der Waals surface area contributed by atoms with Gasteiger partial charge in [-0.2, -0.15) is 5.01 Å². The SMILES string of the molecule is CCC1(C)NC(=O)N(NC(=O)CSc2nnc(Nc3ccc(OC)cc3)s2)C1=O. The lowest BCUT2D eigenvalue weighted by Gasteiger charge is -2.19. The number of rotatable bonds is 8. The first-order valence-corrected chi connectivity index (χ1v) is 10.5. The molecule has 1 fully saturated rings. The number of benzene rings is 1. The number of nitrogens with zero attached hydrogens (tertiary/aromatic N) is 3. The summed E-state index contributed by atoms with van der Waals surface area (Å²) < 4.78 is 5.69. The predicted octanol–water partition coefficient (Wildman–Crippen LogP) is 2.13. The Morgan fingerprint density at radius 2 is 2.03 bits per heavy atom. The number of urea groups is 1. The maximum atomic E-state index is 12.3. The van der Waals surface area contributed by atoms with Crippen molar-refractivity contribution in [3.8, 4) is 5.75 Å². The Balaban J connectivity index is 1.51. The molecule has 1 saturated heterocycles. The maximum absolute atomic E-state index is 12.3. The van der Waals surface area contributed by atoms with Gasteiger partial charge in [0.05, 0.1) is 12.9 Å². The zero-order chi connectivity index (χ0) is 21.0. The van der Waals surface area contributed by atoms with E-state index in [1.807, 2.05) is 24.3 Å². The number of hydrazine groups is 1. The fourth-order valence-electron chi connectivity index (χ4n) is 2.43. The highest BCUT2D eigenvalue weighted by molar-refractivity contribution is 8.01. The second-order valence-corrected chi connectivity index (χ2v) is 8.51. The van der Waals surface area contributed by atoms with Crippen LogP contribution in [-0.2, 0) is 9.59 Å². The van der Waals surface area contributed by atoms with Crippen LogP contribution in [-0.4, -0.2) is 51.5 Å². The van der Waals surface area contributed by atoms with E-state index < -0.39 is 23.4 Å². The fourth-order valence-corrected chi connectivity index (χ4v) is 3.99. The number of carbonyl (C=O) groups excluding carboxylic acids is 3.